The number of hydrogen-bond donors (Lipinski definition) is 1. The fourth-order valence-corrected chi connectivity index (χ4v) is 4.91. The van der Waals surface area contributed by atoms with Crippen molar-refractivity contribution >= 4 is 17.3 Å². The number of carbonyl (C=O) groups excluding carboxylic acids is 2. The molecule has 0 heterocycles. The molecule has 0 spiro atoms. The predicted molar refractivity (Wildman–Crippen MR) is 84.2 cm³/mol. The molecule has 0 aromatic heterocycles. The number of fused-ring (bicyclic) bond motifs is 5. The minimum absolute atomic E-state index is 0.00973. The van der Waals surface area contributed by atoms with E-state index in [-0.39, 0.29) is 35.4 Å². The highest BCUT2D eigenvalue weighted by atomic mass is 16.5. The zero-order valence-corrected chi connectivity index (χ0v) is 13.1. The highest BCUT2D eigenvalue weighted by Gasteiger charge is 2.61. The molecule has 1 N–H and O–H groups in total. The van der Waals surface area contributed by atoms with E-state index in [0.29, 0.717) is 24.2 Å². The van der Waals surface area contributed by atoms with Crippen LogP contribution in [0, 0.1) is 23.7 Å². The van der Waals surface area contributed by atoms with Crippen LogP contribution >= 0.6 is 0 Å². The van der Waals surface area contributed by atoms with Crippen molar-refractivity contribution in [3.8, 4) is 0 Å². The molecule has 23 heavy (non-hydrogen) atoms. The maximum atomic E-state index is 13.1. The first-order valence-electron chi connectivity index (χ1n) is 8.32. The maximum Gasteiger partial charge on any atom is 0.335 e. The van der Waals surface area contributed by atoms with Gasteiger partial charge in [0.2, 0.25) is 0 Å². The molecule has 5 atom stereocenters. The van der Waals surface area contributed by atoms with E-state index in [0.717, 1.165) is 12.0 Å². The Kier molecular flexibility index (Phi) is 3.38. The summed E-state index contributed by atoms with van der Waals surface area (Å²) < 4.78 is 5.26. The second-order valence-corrected chi connectivity index (χ2v) is 6.75. The zero-order valence-electron chi connectivity index (χ0n) is 13.1. The Morgan fingerprint density at radius 2 is 1.96 bits per heavy atom. The van der Waals surface area contributed by atoms with Gasteiger partial charge in [-0.05, 0) is 37.2 Å². The summed E-state index contributed by atoms with van der Waals surface area (Å²) in [5.74, 6) is -0.485. The summed E-state index contributed by atoms with van der Waals surface area (Å²) >= 11 is 0. The Labute approximate surface area is 135 Å². The number of ether oxygens (including phenoxy) is 1. The fourth-order valence-electron chi connectivity index (χ4n) is 4.91. The van der Waals surface area contributed by atoms with Crippen LogP contribution in [0.5, 0.6) is 0 Å². The SMILES string of the molecule is CCOC(=O)C1=C(c2ccccc2)C(=O)[C@@H]2[C@@H]3C[C@@H](C[C@H]3O)[C@H]12. The molecule has 1 aromatic carbocycles. The fraction of sp³-hybridized carbons (Fsp3) is 0.474. The average Bonchev–Trinajstić information content (AvgIpc) is 3.18. The number of aliphatic hydroxyl groups excluding tert-OH is 1. The molecule has 2 saturated carbocycles. The van der Waals surface area contributed by atoms with E-state index in [4.69, 9.17) is 4.74 Å². The third kappa shape index (κ3) is 2.01. The molecule has 120 valence electrons. The van der Waals surface area contributed by atoms with Crippen molar-refractivity contribution in [3.05, 3.63) is 41.5 Å². The first-order valence-corrected chi connectivity index (χ1v) is 8.32. The number of allylic oxidation sites excluding steroid dienone is 1. The van der Waals surface area contributed by atoms with Gasteiger partial charge in [-0.15, -0.1) is 0 Å². The minimum Gasteiger partial charge on any atom is -0.463 e. The molecular formula is C19H20O4. The van der Waals surface area contributed by atoms with E-state index in [2.05, 4.69) is 0 Å². The van der Waals surface area contributed by atoms with Crippen molar-refractivity contribution in [2.75, 3.05) is 6.61 Å². The number of Topliss-reactive ketones (excluding diaryl/α,β-unsaturated/α-hetero) is 1. The molecule has 4 rings (SSSR count). The summed E-state index contributed by atoms with van der Waals surface area (Å²) in [5.41, 5.74) is 1.85. The molecule has 0 amide bonds. The molecule has 0 aliphatic heterocycles. The Bertz CT molecular complexity index is 691. The van der Waals surface area contributed by atoms with E-state index < -0.39 is 6.10 Å². The lowest BCUT2D eigenvalue weighted by molar-refractivity contribution is -0.139. The van der Waals surface area contributed by atoms with Crippen LogP contribution in [0.4, 0.5) is 0 Å². The van der Waals surface area contributed by atoms with Gasteiger partial charge in [-0.1, -0.05) is 30.3 Å². The van der Waals surface area contributed by atoms with Crippen LogP contribution in [0.2, 0.25) is 0 Å². The lowest BCUT2D eigenvalue weighted by atomic mass is 9.77. The number of hydrogen-bond acceptors (Lipinski definition) is 4. The highest BCUT2D eigenvalue weighted by molar-refractivity contribution is 6.30. The summed E-state index contributed by atoms with van der Waals surface area (Å²) in [6.07, 6.45) is 1.11. The van der Waals surface area contributed by atoms with Crippen LogP contribution in [0.1, 0.15) is 25.3 Å². The van der Waals surface area contributed by atoms with Gasteiger partial charge in [-0.3, -0.25) is 4.79 Å². The van der Waals surface area contributed by atoms with Gasteiger partial charge in [0.15, 0.2) is 5.78 Å². The zero-order chi connectivity index (χ0) is 16.1. The Balaban J connectivity index is 1.84. The Morgan fingerprint density at radius 3 is 2.65 bits per heavy atom. The first kappa shape index (κ1) is 14.6. The van der Waals surface area contributed by atoms with E-state index in [1.807, 2.05) is 30.3 Å². The standard InChI is InChI=1S/C19H20O4/c1-2-23-19(22)17-14-11-8-12(13(20)9-11)16(14)18(21)15(17)10-6-4-3-5-7-10/h3-7,11-14,16,20H,2,8-9H2,1H3/t11-,12+,13+,14-,16+/m0/s1. The van der Waals surface area contributed by atoms with Crippen LogP contribution < -0.4 is 0 Å². The van der Waals surface area contributed by atoms with E-state index >= 15 is 0 Å². The molecule has 4 nitrogen and oxygen atoms in total. The van der Waals surface area contributed by atoms with Crippen LogP contribution in [0.3, 0.4) is 0 Å². The lowest BCUT2D eigenvalue weighted by Crippen LogP contribution is -2.34. The monoisotopic (exact) mass is 312 g/mol. The molecule has 4 heteroatoms. The number of ketones is 1. The Morgan fingerprint density at radius 1 is 1.22 bits per heavy atom. The van der Waals surface area contributed by atoms with Crippen molar-refractivity contribution in [1.82, 2.24) is 0 Å². The molecular weight excluding hydrogens is 292 g/mol. The average molecular weight is 312 g/mol. The quantitative estimate of drug-likeness (QED) is 0.869. The largest absolute Gasteiger partial charge is 0.463 e. The van der Waals surface area contributed by atoms with Crippen molar-refractivity contribution in [2.45, 2.75) is 25.9 Å². The van der Waals surface area contributed by atoms with E-state index in [9.17, 15) is 14.7 Å². The van der Waals surface area contributed by atoms with Crippen molar-refractivity contribution in [3.63, 3.8) is 0 Å². The van der Waals surface area contributed by atoms with Crippen LogP contribution in [0.15, 0.2) is 35.9 Å². The number of rotatable bonds is 3. The second kappa shape index (κ2) is 5.31. The van der Waals surface area contributed by atoms with E-state index in [1.165, 1.54) is 0 Å². The van der Waals surface area contributed by atoms with Crippen LogP contribution in [-0.2, 0) is 14.3 Å². The van der Waals surface area contributed by atoms with Crippen LogP contribution in [0.25, 0.3) is 5.57 Å². The summed E-state index contributed by atoms with van der Waals surface area (Å²) in [4.78, 5) is 25.6. The summed E-state index contributed by atoms with van der Waals surface area (Å²) in [5, 5.41) is 10.2. The van der Waals surface area contributed by atoms with Gasteiger partial charge < -0.3 is 9.84 Å². The molecule has 1 aromatic rings. The van der Waals surface area contributed by atoms with Gasteiger partial charge in [-0.2, -0.15) is 0 Å². The molecule has 0 saturated heterocycles. The minimum atomic E-state index is -0.413. The number of benzene rings is 1. The molecule has 0 radical (unpaired) electrons. The first-order chi connectivity index (χ1) is 11.1. The summed E-state index contributed by atoms with van der Waals surface area (Å²) in [7, 11) is 0. The normalized spacial score (nSPS) is 34.9. The van der Waals surface area contributed by atoms with Gasteiger partial charge in [-0.25, -0.2) is 4.79 Å². The third-order valence-electron chi connectivity index (χ3n) is 5.68. The topological polar surface area (TPSA) is 63.6 Å². The van der Waals surface area contributed by atoms with Gasteiger partial charge in [0.05, 0.1) is 18.3 Å². The van der Waals surface area contributed by atoms with Gasteiger partial charge in [0, 0.05) is 17.4 Å². The van der Waals surface area contributed by atoms with Gasteiger partial charge >= 0.3 is 5.97 Å². The van der Waals surface area contributed by atoms with E-state index in [1.54, 1.807) is 6.92 Å². The highest BCUT2D eigenvalue weighted by Crippen LogP contribution is 2.60. The summed E-state index contributed by atoms with van der Waals surface area (Å²) in [6, 6.07) is 9.37. The van der Waals surface area contributed by atoms with Gasteiger partial charge in [0.1, 0.15) is 0 Å². The summed E-state index contributed by atoms with van der Waals surface area (Å²) in [6.45, 7) is 2.08. The maximum absolute atomic E-state index is 13.1. The Hall–Kier alpha value is -1.94. The molecule has 3 aliphatic rings. The molecule has 3 aliphatic carbocycles. The van der Waals surface area contributed by atoms with Crippen molar-refractivity contribution < 1.29 is 19.4 Å². The smallest absolute Gasteiger partial charge is 0.335 e. The molecule has 0 unspecified atom stereocenters. The number of aliphatic hydroxyl groups is 1. The number of carbonyl (C=O) groups is 2. The molecule has 2 bridgehead atoms. The van der Waals surface area contributed by atoms with Crippen LogP contribution in [-0.4, -0.2) is 29.6 Å². The predicted octanol–water partition coefficient (Wildman–Crippen LogP) is 2.22. The third-order valence-corrected chi connectivity index (χ3v) is 5.68. The number of esters is 1. The van der Waals surface area contributed by atoms with Crippen molar-refractivity contribution in [2.24, 2.45) is 23.7 Å². The van der Waals surface area contributed by atoms with Crippen molar-refractivity contribution in [1.29, 1.82) is 0 Å². The lowest BCUT2D eigenvalue weighted by Gasteiger charge is -2.28. The van der Waals surface area contributed by atoms with Gasteiger partial charge in [0.25, 0.3) is 0 Å². The molecule has 2 fully saturated rings. The second-order valence-electron chi connectivity index (χ2n) is 6.75.